The van der Waals surface area contributed by atoms with Crippen molar-refractivity contribution in [2.24, 2.45) is 0 Å². The molecule has 0 spiro atoms. The molecule has 0 aliphatic heterocycles. The van der Waals surface area contributed by atoms with Crippen molar-refractivity contribution in [3.63, 3.8) is 0 Å². The van der Waals surface area contributed by atoms with Crippen LogP contribution in [0.25, 0.3) is 0 Å². The van der Waals surface area contributed by atoms with E-state index in [9.17, 15) is 13.2 Å². The van der Waals surface area contributed by atoms with Crippen molar-refractivity contribution in [2.45, 2.75) is 13.0 Å². The molecule has 1 atom stereocenters. The summed E-state index contributed by atoms with van der Waals surface area (Å²) < 4.78 is 25.0. The summed E-state index contributed by atoms with van der Waals surface area (Å²) in [6.07, 6.45) is 4.43. The molecule has 0 radical (unpaired) electrons. The normalized spacial score (nSPS) is 12.5. The van der Waals surface area contributed by atoms with E-state index in [-0.39, 0.29) is 11.9 Å². The molecule has 122 valence electrons. The Bertz CT molecular complexity index is 791. The summed E-state index contributed by atoms with van der Waals surface area (Å²) in [6.45, 7) is 1.92. The highest BCUT2D eigenvalue weighted by molar-refractivity contribution is 7.92. The van der Waals surface area contributed by atoms with E-state index in [1.54, 1.807) is 42.5 Å². The van der Waals surface area contributed by atoms with Gasteiger partial charge in [0, 0.05) is 30.7 Å². The van der Waals surface area contributed by atoms with E-state index in [1.807, 2.05) is 19.1 Å². The van der Waals surface area contributed by atoms with Crippen molar-refractivity contribution in [1.82, 2.24) is 9.88 Å². The summed E-state index contributed by atoms with van der Waals surface area (Å²) in [6, 6.07) is 10.0. The summed E-state index contributed by atoms with van der Waals surface area (Å²) in [4.78, 5) is 18.2. The second kappa shape index (κ2) is 6.78. The van der Waals surface area contributed by atoms with Gasteiger partial charge in [-0.25, -0.2) is 8.42 Å². The molecule has 7 heteroatoms. The van der Waals surface area contributed by atoms with Gasteiger partial charge in [-0.2, -0.15) is 0 Å². The Morgan fingerprint density at radius 2 is 1.87 bits per heavy atom. The highest BCUT2D eigenvalue weighted by Gasteiger charge is 2.19. The number of amides is 1. The molecule has 0 saturated carbocycles. The Balaban J connectivity index is 2.21. The molecule has 0 saturated heterocycles. The number of anilines is 1. The van der Waals surface area contributed by atoms with Crippen molar-refractivity contribution in [3.8, 4) is 0 Å². The lowest BCUT2D eigenvalue weighted by Gasteiger charge is -2.25. The van der Waals surface area contributed by atoms with Gasteiger partial charge >= 0.3 is 0 Å². The third-order valence-electron chi connectivity index (χ3n) is 3.50. The summed E-state index contributed by atoms with van der Waals surface area (Å²) in [5, 5.41) is 0. The van der Waals surface area contributed by atoms with Gasteiger partial charge < -0.3 is 4.90 Å². The molecule has 0 bridgehead atoms. The Morgan fingerprint density at radius 3 is 2.48 bits per heavy atom. The highest BCUT2D eigenvalue weighted by Crippen LogP contribution is 2.21. The minimum absolute atomic E-state index is 0.128. The number of hydrogen-bond donors (Lipinski definition) is 1. The molecule has 2 rings (SSSR count). The fourth-order valence-electron chi connectivity index (χ4n) is 2.17. The molecule has 0 unspecified atom stereocenters. The zero-order valence-corrected chi connectivity index (χ0v) is 14.0. The van der Waals surface area contributed by atoms with Gasteiger partial charge in [-0.15, -0.1) is 0 Å². The number of rotatable bonds is 5. The van der Waals surface area contributed by atoms with Crippen LogP contribution in [-0.4, -0.2) is 37.5 Å². The molecule has 1 N–H and O–H groups in total. The zero-order chi connectivity index (χ0) is 17.0. The lowest BCUT2D eigenvalue weighted by Crippen LogP contribution is -2.29. The average Bonchev–Trinajstić information content (AvgIpc) is 2.52. The van der Waals surface area contributed by atoms with Crippen LogP contribution in [0.1, 0.15) is 28.9 Å². The van der Waals surface area contributed by atoms with Crippen molar-refractivity contribution in [3.05, 3.63) is 59.9 Å². The van der Waals surface area contributed by atoms with Crippen molar-refractivity contribution >= 4 is 21.6 Å². The predicted octanol–water partition coefficient (Wildman–Crippen LogP) is 2.29. The maximum atomic E-state index is 12.6. The van der Waals surface area contributed by atoms with Crippen LogP contribution in [0.4, 0.5) is 5.69 Å². The van der Waals surface area contributed by atoms with Crippen molar-refractivity contribution in [2.75, 3.05) is 18.0 Å². The molecule has 23 heavy (non-hydrogen) atoms. The maximum Gasteiger partial charge on any atom is 0.254 e. The minimum atomic E-state index is -3.38. The van der Waals surface area contributed by atoms with Crippen LogP contribution in [0.3, 0.4) is 0 Å². The molecular formula is C16H19N3O3S. The lowest BCUT2D eigenvalue weighted by atomic mass is 10.1. The maximum absolute atomic E-state index is 12.6. The number of benzene rings is 1. The monoisotopic (exact) mass is 333 g/mol. The number of pyridine rings is 1. The fourth-order valence-corrected chi connectivity index (χ4v) is 2.73. The average molecular weight is 333 g/mol. The third kappa shape index (κ3) is 4.53. The summed E-state index contributed by atoms with van der Waals surface area (Å²) in [5.41, 5.74) is 1.76. The van der Waals surface area contributed by atoms with Gasteiger partial charge in [-0.05, 0) is 42.8 Å². The number of carbonyl (C=O) groups excluding carboxylic acids is 1. The van der Waals surface area contributed by atoms with Crippen LogP contribution in [0.5, 0.6) is 0 Å². The van der Waals surface area contributed by atoms with Gasteiger partial charge in [0.15, 0.2) is 0 Å². The van der Waals surface area contributed by atoms with Gasteiger partial charge in [0.2, 0.25) is 10.0 Å². The number of hydrogen-bond acceptors (Lipinski definition) is 4. The second-order valence-electron chi connectivity index (χ2n) is 5.33. The zero-order valence-electron chi connectivity index (χ0n) is 13.2. The van der Waals surface area contributed by atoms with Crippen molar-refractivity contribution < 1.29 is 13.2 Å². The van der Waals surface area contributed by atoms with Gasteiger partial charge in [0.25, 0.3) is 5.91 Å². The topological polar surface area (TPSA) is 79.4 Å². The number of aromatic nitrogens is 1. The Kier molecular flexibility index (Phi) is 5.00. The predicted molar refractivity (Wildman–Crippen MR) is 89.7 cm³/mol. The molecule has 2 aromatic rings. The van der Waals surface area contributed by atoms with Crippen LogP contribution in [0.15, 0.2) is 48.8 Å². The number of nitrogens with one attached hydrogen (secondary N) is 1. The van der Waals surface area contributed by atoms with E-state index in [0.717, 1.165) is 11.8 Å². The van der Waals surface area contributed by atoms with Gasteiger partial charge in [-0.1, -0.05) is 6.07 Å². The first-order chi connectivity index (χ1) is 10.8. The first kappa shape index (κ1) is 17.0. The van der Waals surface area contributed by atoms with E-state index in [0.29, 0.717) is 11.3 Å². The lowest BCUT2D eigenvalue weighted by molar-refractivity contribution is 0.0742. The Morgan fingerprint density at radius 1 is 1.22 bits per heavy atom. The van der Waals surface area contributed by atoms with Crippen molar-refractivity contribution in [1.29, 1.82) is 0 Å². The van der Waals surface area contributed by atoms with E-state index in [1.165, 1.54) is 6.07 Å². The molecular weight excluding hydrogens is 314 g/mol. The standard InChI is InChI=1S/C16H19N3O3S/c1-12(13-7-9-17-10-8-13)19(2)16(20)14-5-4-6-15(11-14)18-23(3,21)22/h4-12,18H,1-3H3/t12-/m1/s1. The molecule has 1 amide bonds. The van der Waals surface area contributed by atoms with Crippen LogP contribution in [-0.2, 0) is 10.0 Å². The largest absolute Gasteiger partial charge is 0.335 e. The molecule has 0 aliphatic carbocycles. The SMILES string of the molecule is C[C@H](c1ccncc1)N(C)C(=O)c1cccc(NS(C)(=O)=O)c1. The molecule has 0 aliphatic rings. The molecule has 6 nitrogen and oxygen atoms in total. The van der Waals surface area contributed by atoms with Crippen LogP contribution in [0.2, 0.25) is 0 Å². The molecule has 0 fully saturated rings. The highest BCUT2D eigenvalue weighted by atomic mass is 32.2. The fraction of sp³-hybridized carbons (Fsp3) is 0.250. The third-order valence-corrected chi connectivity index (χ3v) is 4.11. The smallest absolute Gasteiger partial charge is 0.254 e. The van der Waals surface area contributed by atoms with E-state index < -0.39 is 10.0 Å². The molecule has 1 heterocycles. The van der Waals surface area contributed by atoms with E-state index >= 15 is 0 Å². The Hall–Kier alpha value is -2.41. The summed E-state index contributed by atoms with van der Waals surface area (Å²) in [7, 11) is -1.67. The first-order valence-corrected chi connectivity index (χ1v) is 8.92. The molecule has 1 aromatic carbocycles. The Labute approximate surface area is 136 Å². The minimum Gasteiger partial charge on any atom is -0.335 e. The van der Waals surface area contributed by atoms with Gasteiger partial charge in [-0.3, -0.25) is 14.5 Å². The number of carbonyl (C=O) groups is 1. The second-order valence-corrected chi connectivity index (χ2v) is 7.08. The summed E-state index contributed by atoms with van der Waals surface area (Å²) in [5.74, 6) is -0.188. The quantitative estimate of drug-likeness (QED) is 0.910. The van der Waals surface area contributed by atoms with Gasteiger partial charge in [0.1, 0.15) is 0 Å². The van der Waals surface area contributed by atoms with Gasteiger partial charge in [0.05, 0.1) is 12.3 Å². The van der Waals surface area contributed by atoms with E-state index in [4.69, 9.17) is 0 Å². The molecule has 1 aromatic heterocycles. The van der Waals surface area contributed by atoms with E-state index in [2.05, 4.69) is 9.71 Å². The summed E-state index contributed by atoms with van der Waals surface area (Å²) >= 11 is 0. The van der Waals surface area contributed by atoms with Crippen LogP contribution < -0.4 is 4.72 Å². The number of nitrogens with zero attached hydrogens (tertiary/aromatic N) is 2. The first-order valence-electron chi connectivity index (χ1n) is 7.03. The number of sulfonamides is 1. The van der Waals surface area contributed by atoms with Crippen LogP contribution in [0, 0.1) is 0 Å². The van der Waals surface area contributed by atoms with Crippen LogP contribution >= 0.6 is 0 Å².